The van der Waals surface area contributed by atoms with Crippen LogP contribution in [0.25, 0.3) is 11.2 Å². The molecule has 0 atom stereocenters. The molecule has 0 unspecified atom stereocenters. The van der Waals surface area contributed by atoms with Crippen LogP contribution < -0.4 is 4.74 Å². The van der Waals surface area contributed by atoms with E-state index >= 15 is 0 Å². The number of H-pyrrole nitrogens is 1. The number of hydrogen-bond acceptors (Lipinski definition) is 4. The predicted octanol–water partition coefficient (Wildman–Crippen LogP) is 2.64. The van der Waals surface area contributed by atoms with E-state index in [0.717, 1.165) is 11.2 Å². The minimum Gasteiger partial charge on any atom is -0.479 e. The van der Waals surface area contributed by atoms with Gasteiger partial charge in [0.05, 0.1) is 7.11 Å². The summed E-state index contributed by atoms with van der Waals surface area (Å²) >= 11 is 5.44. The molecule has 1 aliphatic carbocycles. The first kappa shape index (κ1) is 11.6. The van der Waals surface area contributed by atoms with Crippen LogP contribution in [0.4, 0.5) is 0 Å². The van der Waals surface area contributed by atoms with Crippen LogP contribution in [0.1, 0.15) is 26.7 Å². The number of aromatic nitrogens is 4. The molecule has 18 heavy (non-hydrogen) atoms. The standard InChI is InChI=1S/C12H16N4OS/c1-12(2,7-4-5-7)16-9-8(15-11(16)18)10(17-3)14-6-13-9/h6-7H,4-5H2,1-3H3,(H,15,18). The number of hydrogen-bond donors (Lipinski definition) is 1. The van der Waals surface area contributed by atoms with E-state index in [1.54, 1.807) is 7.11 Å². The van der Waals surface area contributed by atoms with Crippen molar-refractivity contribution in [2.24, 2.45) is 5.92 Å². The van der Waals surface area contributed by atoms with E-state index in [9.17, 15) is 0 Å². The number of rotatable bonds is 3. The molecule has 2 aromatic rings. The average molecular weight is 264 g/mol. The highest BCUT2D eigenvalue weighted by Crippen LogP contribution is 2.45. The van der Waals surface area contributed by atoms with Gasteiger partial charge in [0, 0.05) is 5.54 Å². The fourth-order valence-electron chi connectivity index (χ4n) is 2.56. The number of aromatic amines is 1. The van der Waals surface area contributed by atoms with Crippen LogP contribution >= 0.6 is 12.2 Å². The van der Waals surface area contributed by atoms with Crippen LogP contribution in [-0.2, 0) is 5.54 Å². The third-order valence-electron chi connectivity index (χ3n) is 3.79. The second-order valence-corrected chi connectivity index (χ2v) is 5.66. The summed E-state index contributed by atoms with van der Waals surface area (Å²) in [4.78, 5) is 11.6. The molecule has 1 N–H and O–H groups in total. The third kappa shape index (κ3) is 1.55. The van der Waals surface area contributed by atoms with Crippen LogP contribution in [0.2, 0.25) is 0 Å². The Bertz CT molecular complexity index is 654. The maximum absolute atomic E-state index is 5.44. The van der Waals surface area contributed by atoms with E-state index in [2.05, 4.69) is 33.4 Å². The van der Waals surface area contributed by atoms with Gasteiger partial charge in [-0.15, -0.1) is 0 Å². The molecule has 96 valence electrons. The zero-order valence-electron chi connectivity index (χ0n) is 10.7. The third-order valence-corrected chi connectivity index (χ3v) is 4.07. The molecular weight excluding hydrogens is 248 g/mol. The first-order valence-corrected chi connectivity index (χ1v) is 6.46. The van der Waals surface area contributed by atoms with Crippen molar-refractivity contribution >= 4 is 23.4 Å². The van der Waals surface area contributed by atoms with Crippen LogP contribution in [0.15, 0.2) is 6.33 Å². The summed E-state index contributed by atoms with van der Waals surface area (Å²) in [6.07, 6.45) is 4.02. The lowest BCUT2D eigenvalue weighted by molar-refractivity contribution is 0.308. The van der Waals surface area contributed by atoms with Gasteiger partial charge in [-0.05, 0) is 44.8 Å². The Hall–Kier alpha value is -1.43. The van der Waals surface area contributed by atoms with Gasteiger partial charge in [0.2, 0.25) is 5.88 Å². The fraction of sp³-hybridized carbons (Fsp3) is 0.583. The van der Waals surface area contributed by atoms with Gasteiger partial charge >= 0.3 is 0 Å². The second-order valence-electron chi connectivity index (χ2n) is 5.28. The van der Waals surface area contributed by atoms with Crippen LogP contribution in [0.3, 0.4) is 0 Å². The summed E-state index contributed by atoms with van der Waals surface area (Å²) in [5.74, 6) is 1.21. The zero-order chi connectivity index (χ0) is 12.9. The van der Waals surface area contributed by atoms with E-state index < -0.39 is 0 Å². The molecule has 2 heterocycles. The fourth-order valence-corrected chi connectivity index (χ4v) is 2.98. The number of fused-ring (bicyclic) bond motifs is 1. The Morgan fingerprint density at radius 3 is 2.78 bits per heavy atom. The Labute approximate surface area is 110 Å². The molecule has 2 aromatic heterocycles. The molecule has 1 aliphatic rings. The largest absolute Gasteiger partial charge is 0.479 e. The Morgan fingerprint density at radius 2 is 2.17 bits per heavy atom. The Balaban J connectivity index is 2.29. The molecule has 0 saturated heterocycles. The minimum atomic E-state index is -0.0191. The lowest BCUT2D eigenvalue weighted by Gasteiger charge is -2.26. The molecule has 6 heteroatoms. The summed E-state index contributed by atoms with van der Waals surface area (Å²) < 4.78 is 8.02. The number of imidazole rings is 1. The lowest BCUT2D eigenvalue weighted by atomic mass is 9.98. The van der Waals surface area contributed by atoms with Gasteiger partial charge < -0.3 is 9.72 Å². The molecule has 0 spiro atoms. The summed E-state index contributed by atoms with van der Waals surface area (Å²) in [6.45, 7) is 4.42. The van der Waals surface area contributed by atoms with Crippen molar-refractivity contribution in [3.63, 3.8) is 0 Å². The highest BCUT2D eigenvalue weighted by molar-refractivity contribution is 7.71. The highest BCUT2D eigenvalue weighted by atomic mass is 32.1. The molecular formula is C12H16N4OS. The van der Waals surface area contributed by atoms with Crippen molar-refractivity contribution in [2.75, 3.05) is 7.11 Å². The number of nitrogens with zero attached hydrogens (tertiary/aromatic N) is 3. The van der Waals surface area contributed by atoms with Crippen molar-refractivity contribution in [2.45, 2.75) is 32.2 Å². The van der Waals surface area contributed by atoms with Crippen molar-refractivity contribution < 1.29 is 4.74 Å². The van der Waals surface area contributed by atoms with E-state index in [1.807, 2.05) is 0 Å². The molecule has 0 bridgehead atoms. The summed E-state index contributed by atoms with van der Waals surface area (Å²) in [6, 6.07) is 0. The van der Waals surface area contributed by atoms with Crippen LogP contribution in [0.5, 0.6) is 5.88 Å². The maximum atomic E-state index is 5.44. The average Bonchev–Trinajstić information content (AvgIpc) is 3.11. The van der Waals surface area contributed by atoms with Gasteiger partial charge in [-0.1, -0.05) is 0 Å². The topological polar surface area (TPSA) is 55.7 Å². The van der Waals surface area contributed by atoms with Crippen molar-refractivity contribution in [1.82, 2.24) is 19.5 Å². The normalized spacial score (nSPS) is 16.2. The van der Waals surface area contributed by atoms with Gasteiger partial charge in [-0.25, -0.2) is 4.98 Å². The molecule has 0 aliphatic heterocycles. The van der Waals surface area contributed by atoms with Gasteiger partial charge in [0.1, 0.15) is 11.8 Å². The molecule has 0 aromatic carbocycles. The molecule has 1 fully saturated rings. The quantitative estimate of drug-likeness (QED) is 0.866. The molecule has 3 rings (SSSR count). The van der Waals surface area contributed by atoms with Crippen LogP contribution in [0, 0.1) is 10.7 Å². The van der Waals surface area contributed by atoms with E-state index in [4.69, 9.17) is 17.0 Å². The summed E-state index contributed by atoms with van der Waals surface area (Å²) in [5, 5.41) is 0. The number of methoxy groups -OCH3 is 1. The summed E-state index contributed by atoms with van der Waals surface area (Å²) in [7, 11) is 1.60. The van der Waals surface area contributed by atoms with E-state index in [0.29, 0.717) is 16.6 Å². The van der Waals surface area contributed by atoms with Crippen molar-refractivity contribution in [1.29, 1.82) is 0 Å². The first-order valence-electron chi connectivity index (χ1n) is 6.06. The Morgan fingerprint density at radius 1 is 1.44 bits per heavy atom. The maximum Gasteiger partial charge on any atom is 0.242 e. The first-order chi connectivity index (χ1) is 8.55. The molecule has 0 amide bonds. The van der Waals surface area contributed by atoms with Gasteiger partial charge in [-0.2, -0.15) is 4.98 Å². The predicted molar refractivity (Wildman–Crippen MR) is 71.3 cm³/mol. The van der Waals surface area contributed by atoms with Crippen molar-refractivity contribution in [3.8, 4) is 5.88 Å². The molecule has 1 saturated carbocycles. The lowest BCUT2D eigenvalue weighted by Crippen LogP contribution is -2.29. The van der Waals surface area contributed by atoms with Gasteiger partial charge in [0.25, 0.3) is 0 Å². The van der Waals surface area contributed by atoms with Crippen LogP contribution in [-0.4, -0.2) is 26.6 Å². The highest BCUT2D eigenvalue weighted by Gasteiger charge is 2.40. The van der Waals surface area contributed by atoms with Gasteiger partial charge in [-0.3, -0.25) is 4.57 Å². The molecule has 5 nitrogen and oxygen atoms in total. The number of ether oxygens (including phenoxy) is 1. The second kappa shape index (κ2) is 3.78. The monoisotopic (exact) mass is 264 g/mol. The zero-order valence-corrected chi connectivity index (χ0v) is 11.5. The van der Waals surface area contributed by atoms with E-state index in [-0.39, 0.29) is 5.54 Å². The SMILES string of the molecule is COc1ncnc2c1[nH]c(=S)n2C(C)(C)C1CC1. The smallest absolute Gasteiger partial charge is 0.242 e. The summed E-state index contributed by atoms with van der Waals surface area (Å²) in [5.41, 5.74) is 1.58. The molecule has 0 radical (unpaired) electrons. The number of nitrogens with one attached hydrogen (secondary N) is 1. The van der Waals surface area contributed by atoms with Gasteiger partial charge in [0.15, 0.2) is 10.4 Å². The van der Waals surface area contributed by atoms with E-state index in [1.165, 1.54) is 19.2 Å². The Kier molecular flexibility index (Phi) is 2.45. The van der Waals surface area contributed by atoms with Crippen molar-refractivity contribution in [3.05, 3.63) is 11.1 Å². The minimum absolute atomic E-state index is 0.0191.